The van der Waals surface area contributed by atoms with Crippen LogP contribution in [0.5, 0.6) is 0 Å². The maximum atomic E-state index is 6.08. The predicted molar refractivity (Wildman–Crippen MR) is 91.1 cm³/mol. The van der Waals surface area contributed by atoms with Crippen LogP contribution in [-0.4, -0.2) is 49.4 Å². The third-order valence-electron chi connectivity index (χ3n) is 4.57. The average molecular weight is 330 g/mol. The van der Waals surface area contributed by atoms with E-state index in [4.69, 9.17) is 4.74 Å². The van der Waals surface area contributed by atoms with Crippen LogP contribution >= 0.6 is 11.8 Å². The second-order valence-corrected chi connectivity index (χ2v) is 8.15. The van der Waals surface area contributed by atoms with Crippen molar-refractivity contribution in [3.63, 3.8) is 0 Å². The summed E-state index contributed by atoms with van der Waals surface area (Å²) in [6.45, 7) is 4.02. The normalized spacial score (nSPS) is 23.3. The third-order valence-corrected chi connectivity index (χ3v) is 6.15. The van der Waals surface area contributed by atoms with Crippen molar-refractivity contribution in [3.8, 4) is 0 Å². The molecule has 2 aromatic rings. The molecule has 23 heavy (non-hydrogen) atoms. The molecule has 1 atom stereocenters. The fraction of sp³-hybridized carbons (Fsp3) is 0.529. The minimum Gasteiger partial charge on any atom is -0.373 e. The van der Waals surface area contributed by atoms with Gasteiger partial charge in [0.1, 0.15) is 0 Å². The first-order valence-electron chi connectivity index (χ1n) is 8.05. The molecular formula is C17H22N4OS. The Labute approximate surface area is 141 Å². The summed E-state index contributed by atoms with van der Waals surface area (Å²) in [6.07, 6.45) is 9.30. The van der Waals surface area contributed by atoms with E-state index < -0.39 is 0 Å². The highest BCUT2D eigenvalue weighted by Gasteiger charge is 2.49. The quantitative estimate of drug-likeness (QED) is 0.840. The lowest BCUT2D eigenvalue weighted by atomic mass is 9.92. The minimum atomic E-state index is 0.376. The number of hydrogen-bond acceptors (Lipinski definition) is 5. The van der Waals surface area contributed by atoms with Crippen LogP contribution in [0, 0.1) is 0 Å². The summed E-state index contributed by atoms with van der Waals surface area (Å²) < 4.78 is 8.38. The number of aryl methyl sites for hydroxylation is 1. The van der Waals surface area contributed by atoms with Gasteiger partial charge in [-0.05, 0) is 18.1 Å². The predicted octanol–water partition coefficient (Wildman–Crippen LogP) is 2.09. The summed E-state index contributed by atoms with van der Waals surface area (Å²) in [5, 5.41) is 4.24. The van der Waals surface area contributed by atoms with Crippen LogP contribution in [0.4, 0.5) is 0 Å². The summed E-state index contributed by atoms with van der Waals surface area (Å²) in [5.74, 6) is 1.11. The molecule has 0 aliphatic carbocycles. The molecule has 122 valence electrons. The van der Waals surface area contributed by atoms with E-state index in [1.165, 1.54) is 25.1 Å². The van der Waals surface area contributed by atoms with Crippen molar-refractivity contribution in [1.82, 2.24) is 19.7 Å². The van der Waals surface area contributed by atoms with Crippen LogP contribution in [0.3, 0.4) is 0 Å². The zero-order valence-electron chi connectivity index (χ0n) is 13.4. The van der Waals surface area contributed by atoms with E-state index in [9.17, 15) is 0 Å². The smallest absolute Gasteiger partial charge is 0.0736 e. The molecule has 2 fully saturated rings. The Morgan fingerprint density at radius 2 is 2.26 bits per heavy atom. The molecular weight excluding hydrogens is 308 g/mol. The maximum Gasteiger partial charge on any atom is 0.0736 e. The van der Waals surface area contributed by atoms with Gasteiger partial charge in [0.2, 0.25) is 0 Å². The Bertz CT molecular complexity index is 654. The highest BCUT2D eigenvalue weighted by atomic mass is 32.2. The molecule has 1 spiro atoms. The lowest BCUT2D eigenvalue weighted by Crippen LogP contribution is -2.58. The molecule has 5 nitrogen and oxygen atoms in total. The molecule has 6 heteroatoms. The molecule has 0 saturated carbocycles. The Balaban J connectivity index is 1.23. The van der Waals surface area contributed by atoms with E-state index in [1.807, 2.05) is 30.2 Å². The van der Waals surface area contributed by atoms with Crippen molar-refractivity contribution in [2.24, 2.45) is 7.05 Å². The average Bonchev–Trinajstić information content (AvgIpc) is 3.13. The minimum absolute atomic E-state index is 0.376. The third kappa shape index (κ3) is 3.44. The van der Waals surface area contributed by atoms with Crippen molar-refractivity contribution < 1.29 is 4.74 Å². The monoisotopic (exact) mass is 330 g/mol. The largest absolute Gasteiger partial charge is 0.373 e. The van der Waals surface area contributed by atoms with Gasteiger partial charge in [0.05, 0.1) is 18.9 Å². The van der Waals surface area contributed by atoms with Crippen molar-refractivity contribution >= 4 is 11.8 Å². The van der Waals surface area contributed by atoms with Crippen LogP contribution in [0.2, 0.25) is 0 Å². The molecule has 4 heterocycles. The first-order chi connectivity index (χ1) is 11.2. The van der Waals surface area contributed by atoms with Gasteiger partial charge in [-0.15, -0.1) is 11.8 Å². The van der Waals surface area contributed by atoms with Gasteiger partial charge in [-0.1, -0.05) is 6.07 Å². The number of thioether (sulfide) groups is 1. The summed E-state index contributed by atoms with van der Waals surface area (Å²) in [6, 6.07) is 4.04. The number of hydrogen-bond donors (Lipinski definition) is 0. The highest BCUT2D eigenvalue weighted by molar-refractivity contribution is 8.01. The van der Waals surface area contributed by atoms with Crippen LogP contribution in [0.15, 0.2) is 36.9 Å². The van der Waals surface area contributed by atoms with Gasteiger partial charge in [0.25, 0.3) is 0 Å². The molecule has 2 saturated heterocycles. The number of likely N-dealkylation sites (tertiary alicyclic amines) is 1. The van der Waals surface area contributed by atoms with E-state index in [1.54, 1.807) is 6.20 Å². The fourth-order valence-corrected chi connectivity index (χ4v) is 5.12. The summed E-state index contributed by atoms with van der Waals surface area (Å²) in [5.41, 5.74) is 2.46. The number of ether oxygens (including phenoxy) is 1. The van der Waals surface area contributed by atoms with Gasteiger partial charge in [0.15, 0.2) is 0 Å². The highest BCUT2D eigenvalue weighted by Crippen LogP contribution is 2.46. The number of nitrogens with zero attached hydrogens (tertiary/aromatic N) is 4. The van der Waals surface area contributed by atoms with Gasteiger partial charge in [-0.3, -0.25) is 14.6 Å². The van der Waals surface area contributed by atoms with Crippen molar-refractivity contribution in [3.05, 3.63) is 48.0 Å². The van der Waals surface area contributed by atoms with Crippen LogP contribution < -0.4 is 0 Å². The molecule has 0 N–H and O–H groups in total. The molecule has 0 aromatic carbocycles. The number of pyridine rings is 1. The lowest BCUT2D eigenvalue weighted by Gasteiger charge is -2.47. The molecule has 0 radical (unpaired) electrons. The molecule has 4 rings (SSSR count). The number of rotatable bonds is 5. The molecule has 0 amide bonds. The van der Waals surface area contributed by atoms with Crippen LogP contribution in [0.1, 0.15) is 17.5 Å². The second kappa shape index (κ2) is 6.26. The Morgan fingerprint density at radius 3 is 3.00 bits per heavy atom. The Morgan fingerprint density at radius 1 is 1.35 bits per heavy atom. The van der Waals surface area contributed by atoms with Crippen molar-refractivity contribution in [2.45, 2.75) is 30.4 Å². The van der Waals surface area contributed by atoms with Gasteiger partial charge in [-0.2, -0.15) is 5.10 Å². The molecule has 2 aliphatic rings. The molecule has 2 aliphatic heterocycles. The Hall–Kier alpha value is -1.37. The topological polar surface area (TPSA) is 43.2 Å². The van der Waals surface area contributed by atoms with Gasteiger partial charge in [-0.25, -0.2) is 0 Å². The first kappa shape index (κ1) is 15.2. The molecule has 0 bridgehead atoms. The fourth-order valence-electron chi connectivity index (χ4n) is 3.52. The summed E-state index contributed by atoms with van der Waals surface area (Å²) >= 11 is 2.09. The summed E-state index contributed by atoms with van der Waals surface area (Å²) in [7, 11) is 1.97. The zero-order valence-corrected chi connectivity index (χ0v) is 14.2. The van der Waals surface area contributed by atoms with Gasteiger partial charge >= 0.3 is 0 Å². The Kier molecular flexibility index (Phi) is 4.13. The van der Waals surface area contributed by atoms with E-state index >= 15 is 0 Å². The standard InChI is InChI=1S/C17H22N4OS/c1-20-8-15(7-19-20)9-21-12-17(13-21)5-16(11-23-17)22-10-14-3-2-4-18-6-14/h2-4,6-8,16H,5,9-13H2,1H3/t16-/m0/s1. The van der Waals surface area contributed by atoms with E-state index in [2.05, 4.69) is 39.0 Å². The van der Waals surface area contributed by atoms with Gasteiger partial charge in [0, 0.05) is 61.3 Å². The van der Waals surface area contributed by atoms with Crippen LogP contribution in [0.25, 0.3) is 0 Å². The molecule has 2 aromatic heterocycles. The van der Waals surface area contributed by atoms with E-state index in [-0.39, 0.29) is 0 Å². The van der Waals surface area contributed by atoms with Gasteiger partial charge < -0.3 is 4.74 Å². The maximum absolute atomic E-state index is 6.08. The SMILES string of the molecule is Cn1cc(CN2CC3(C[C@H](OCc4cccnc4)CS3)C2)cn1. The summed E-state index contributed by atoms with van der Waals surface area (Å²) in [4.78, 5) is 6.65. The second-order valence-electron chi connectivity index (χ2n) is 6.66. The molecule has 0 unspecified atom stereocenters. The van der Waals surface area contributed by atoms with E-state index in [0.717, 1.165) is 17.9 Å². The zero-order chi connectivity index (χ0) is 15.7. The lowest BCUT2D eigenvalue weighted by molar-refractivity contribution is 0.0263. The first-order valence-corrected chi connectivity index (χ1v) is 9.04. The van der Waals surface area contributed by atoms with Crippen LogP contribution in [-0.2, 0) is 24.9 Å². The number of aromatic nitrogens is 3. The van der Waals surface area contributed by atoms with E-state index in [0.29, 0.717) is 17.5 Å². The van der Waals surface area contributed by atoms with Crippen molar-refractivity contribution in [1.29, 1.82) is 0 Å². The van der Waals surface area contributed by atoms with Crippen molar-refractivity contribution in [2.75, 3.05) is 18.8 Å².